The number of carbonyl (C=O) groups is 1. The Kier molecular flexibility index (Phi) is 5.69. The largest absolute Gasteiger partial charge is 0.478 e. The molecular formula is C22H18F2N4O5S. The third kappa shape index (κ3) is 4.39. The zero-order chi connectivity index (χ0) is 24.8. The van der Waals surface area contributed by atoms with Crippen molar-refractivity contribution < 1.29 is 27.1 Å². The van der Waals surface area contributed by atoms with Gasteiger partial charge in [-0.3, -0.25) is 4.79 Å². The number of benzene rings is 1. The number of fused-ring (bicyclic) bond motifs is 1. The molecule has 0 unspecified atom stereocenters. The van der Waals surface area contributed by atoms with E-state index in [9.17, 15) is 31.9 Å². The SMILES string of the molecule is Cn1cc(-c2cc(CS(C)(=O)=O)c(C(=O)O)cc2Nc2ncc(F)cc2F)c2cc[nH]c2c1=O. The molecule has 4 rings (SSSR count). The zero-order valence-electron chi connectivity index (χ0n) is 17.9. The quantitative estimate of drug-likeness (QED) is 0.379. The van der Waals surface area contributed by atoms with Crippen molar-refractivity contribution in [1.82, 2.24) is 14.5 Å². The minimum atomic E-state index is -3.62. The second kappa shape index (κ2) is 8.37. The molecule has 0 aliphatic heterocycles. The Morgan fingerprint density at radius 1 is 1.24 bits per heavy atom. The molecule has 0 saturated heterocycles. The molecule has 1 aromatic carbocycles. The number of sulfone groups is 1. The summed E-state index contributed by atoms with van der Waals surface area (Å²) in [7, 11) is -2.10. The number of carboxylic acids is 1. The second-order valence-corrected chi connectivity index (χ2v) is 9.90. The molecule has 12 heteroatoms. The minimum Gasteiger partial charge on any atom is -0.478 e. The fourth-order valence-corrected chi connectivity index (χ4v) is 4.49. The van der Waals surface area contributed by atoms with E-state index in [1.807, 2.05) is 0 Å². The summed E-state index contributed by atoms with van der Waals surface area (Å²) in [5, 5.41) is 12.9. The van der Waals surface area contributed by atoms with Crippen LogP contribution in [0.1, 0.15) is 15.9 Å². The number of aromatic carboxylic acids is 1. The van der Waals surface area contributed by atoms with Gasteiger partial charge >= 0.3 is 5.97 Å². The van der Waals surface area contributed by atoms with Crippen molar-refractivity contribution in [3.63, 3.8) is 0 Å². The first-order chi connectivity index (χ1) is 15.9. The third-order valence-corrected chi connectivity index (χ3v) is 5.97. The maximum Gasteiger partial charge on any atom is 0.336 e. The molecule has 4 aromatic rings. The van der Waals surface area contributed by atoms with Crippen molar-refractivity contribution in [3.05, 3.63) is 76.0 Å². The molecule has 3 aromatic heterocycles. The monoisotopic (exact) mass is 488 g/mol. The number of halogens is 2. The molecule has 0 aliphatic carbocycles. The van der Waals surface area contributed by atoms with Crippen LogP contribution in [-0.4, -0.2) is 40.3 Å². The van der Waals surface area contributed by atoms with Crippen LogP contribution in [0.25, 0.3) is 22.0 Å². The fraction of sp³-hybridized carbons (Fsp3) is 0.136. The highest BCUT2D eigenvalue weighted by Crippen LogP contribution is 2.37. The Balaban J connectivity index is 2.05. The average molecular weight is 488 g/mol. The van der Waals surface area contributed by atoms with Crippen LogP contribution in [0, 0.1) is 11.6 Å². The van der Waals surface area contributed by atoms with E-state index in [4.69, 9.17) is 0 Å². The van der Waals surface area contributed by atoms with Gasteiger partial charge in [-0.1, -0.05) is 0 Å². The number of hydrogen-bond donors (Lipinski definition) is 3. The summed E-state index contributed by atoms with van der Waals surface area (Å²) in [5.74, 6) is -4.24. The van der Waals surface area contributed by atoms with Crippen molar-refractivity contribution in [1.29, 1.82) is 0 Å². The number of rotatable bonds is 6. The Hall–Kier alpha value is -4.06. The lowest BCUT2D eigenvalue weighted by Gasteiger charge is -2.17. The van der Waals surface area contributed by atoms with E-state index in [0.717, 1.165) is 18.5 Å². The van der Waals surface area contributed by atoms with Gasteiger partial charge in [0.15, 0.2) is 21.5 Å². The number of pyridine rings is 2. The molecule has 0 radical (unpaired) electrons. The van der Waals surface area contributed by atoms with Crippen molar-refractivity contribution in [2.24, 2.45) is 7.05 Å². The first kappa shape index (κ1) is 23.1. The fourth-order valence-electron chi connectivity index (χ4n) is 3.69. The van der Waals surface area contributed by atoms with Gasteiger partial charge in [0.05, 0.1) is 17.5 Å². The highest BCUT2D eigenvalue weighted by molar-refractivity contribution is 7.89. The van der Waals surface area contributed by atoms with Crippen LogP contribution >= 0.6 is 0 Å². The molecule has 0 fully saturated rings. The Morgan fingerprint density at radius 3 is 2.62 bits per heavy atom. The maximum absolute atomic E-state index is 14.3. The van der Waals surface area contributed by atoms with Crippen LogP contribution in [0.2, 0.25) is 0 Å². The van der Waals surface area contributed by atoms with Gasteiger partial charge < -0.3 is 20.0 Å². The van der Waals surface area contributed by atoms with Crippen LogP contribution in [0.15, 0.2) is 47.7 Å². The van der Waals surface area contributed by atoms with Gasteiger partial charge in [0.25, 0.3) is 5.56 Å². The van der Waals surface area contributed by atoms with Crippen LogP contribution < -0.4 is 10.9 Å². The zero-order valence-corrected chi connectivity index (χ0v) is 18.7. The summed E-state index contributed by atoms with van der Waals surface area (Å²) >= 11 is 0. The number of aromatic amines is 1. The number of carboxylic acid groups (broad SMARTS) is 1. The lowest BCUT2D eigenvalue weighted by atomic mass is 9.96. The molecule has 3 N–H and O–H groups in total. The highest BCUT2D eigenvalue weighted by Gasteiger charge is 2.22. The Labute approximate surface area is 191 Å². The van der Waals surface area contributed by atoms with E-state index in [2.05, 4.69) is 15.3 Å². The molecule has 0 bridgehead atoms. The summed E-state index contributed by atoms with van der Waals surface area (Å²) in [5.41, 5.74) is 0.417. The Bertz CT molecular complexity index is 1630. The van der Waals surface area contributed by atoms with Gasteiger partial charge in [0.1, 0.15) is 11.3 Å². The van der Waals surface area contributed by atoms with Gasteiger partial charge in [-0.15, -0.1) is 0 Å². The number of nitrogens with zero attached hydrogens (tertiary/aromatic N) is 2. The lowest BCUT2D eigenvalue weighted by Crippen LogP contribution is -2.17. The smallest absolute Gasteiger partial charge is 0.336 e. The average Bonchev–Trinajstić information content (AvgIpc) is 3.22. The highest BCUT2D eigenvalue weighted by atomic mass is 32.2. The number of nitrogens with one attached hydrogen (secondary N) is 2. The summed E-state index contributed by atoms with van der Waals surface area (Å²) < 4.78 is 53.0. The van der Waals surface area contributed by atoms with Gasteiger partial charge in [-0.25, -0.2) is 27.0 Å². The van der Waals surface area contributed by atoms with Crippen molar-refractivity contribution in [3.8, 4) is 11.1 Å². The van der Waals surface area contributed by atoms with Crippen molar-refractivity contribution in [2.75, 3.05) is 11.6 Å². The van der Waals surface area contributed by atoms with Gasteiger partial charge in [-0.05, 0) is 23.8 Å². The normalized spacial score (nSPS) is 11.6. The first-order valence-electron chi connectivity index (χ1n) is 9.77. The molecular weight excluding hydrogens is 470 g/mol. The van der Waals surface area contributed by atoms with Gasteiger partial charge in [0, 0.05) is 54.0 Å². The predicted octanol–water partition coefficient (Wildman–Crippen LogP) is 3.19. The van der Waals surface area contributed by atoms with Crippen molar-refractivity contribution >= 4 is 38.2 Å². The van der Waals surface area contributed by atoms with Crippen LogP contribution in [0.5, 0.6) is 0 Å². The second-order valence-electron chi connectivity index (χ2n) is 7.76. The van der Waals surface area contributed by atoms with Crippen LogP contribution in [-0.2, 0) is 22.6 Å². The molecule has 0 spiro atoms. The predicted molar refractivity (Wildman–Crippen MR) is 122 cm³/mol. The summed E-state index contributed by atoms with van der Waals surface area (Å²) in [6.45, 7) is 0. The number of aromatic nitrogens is 3. The molecule has 9 nitrogen and oxygen atoms in total. The van der Waals surface area contributed by atoms with E-state index >= 15 is 0 Å². The summed E-state index contributed by atoms with van der Waals surface area (Å²) in [4.78, 5) is 30.9. The molecule has 0 aliphatic rings. The summed E-state index contributed by atoms with van der Waals surface area (Å²) in [6, 6.07) is 4.77. The number of anilines is 2. The number of aryl methyl sites for hydroxylation is 1. The molecule has 0 atom stereocenters. The van der Waals surface area contributed by atoms with E-state index in [0.29, 0.717) is 17.0 Å². The number of hydrogen-bond acceptors (Lipinski definition) is 6. The molecule has 3 heterocycles. The topological polar surface area (TPSA) is 134 Å². The van der Waals surface area contributed by atoms with Gasteiger partial charge in [-0.2, -0.15) is 0 Å². The molecule has 0 saturated carbocycles. The first-order valence-corrected chi connectivity index (χ1v) is 11.8. The van der Waals surface area contributed by atoms with E-state index in [-0.39, 0.29) is 39.3 Å². The van der Waals surface area contributed by atoms with E-state index < -0.39 is 33.2 Å². The van der Waals surface area contributed by atoms with E-state index in [1.54, 1.807) is 12.3 Å². The number of H-pyrrole nitrogens is 1. The lowest BCUT2D eigenvalue weighted by molar-refractivity contribution is 0.0696. The molecule has 34 heavy (non-hydrogen) atoms. The van der Waals surface area contributed by atoms with Gasteiger partial charge in [0.2, 0.25) is 0 Å². The molecule has 0 amide bonds. The standard InChI is InChI=1S/C22H18F2N4O5S/c1-28-9-16(13-3-4-25-19(13)21(28)29)15-5-11(10-34(2,32)33)14(22(30)31)7-18(15)27-20-17(24)6-12(23)8-26-20/h3-9,25H,10H2,1-2H3,(H,26,27)(H,30,31). The minimum absolute atomic E-state index is 0.000580. The summed E-state index contributed by atoms with van der Waals surface area (Å²) in [6.07, 6.45) is 4.81. The van der Waals surface area contributed by atoms with E-state index in [1.165, 1.54) is 23.9 Å². The Morgan fingerprint density at radius 2 is 1.97 bits per heavy atom. The van der Waals surface area contributed by atoms with Crippen LogP contribution in [0.4, 0.5) is 20.3 Å². The third-order valence-electron chi connectivity index (χ3n) is 5.14. The molecule has 176 valence electrons. The van der Waals surface area contributed by atoms with Crippen LogP contribution in [0.3, 0.4) is 0 Å². The van der Waals surface area contributed by atoms with Crippen molar-refractivity contribution in [2.45, 2.75) is 5.75 Å². The maximum atomic E-state index is 14.3.